The molecule has 4 nitrogen and oxygen atoms in total. The van der Waals surface area contributed by atoms with Gasteiger partial charge >= 0.3 is 0 Å². The van der Waals surface area contributed by atoms with E-state index in [9.17, 15) is 5.26 Å². The lowest BCUT2D eigenvalue weighted by Crippen LogP contribution is -2.26. The topological polar surface area (TPSA) is 88.2 Å². The van der Waals surface area contributed by atoms with Gasteiger partial charge < -0.3 is 11.5 Å². The number of amidine groups is 1. The van der Waals surface area contributed by atoms with E-state index < -0.39 is 0 Å². The number of hydrogen-bond acceptors (Lipinski definition) is 4. The summed E-state index contributed by atoms with van der Waals surface area (Å²) in [5.74, 6) is 0.0394. The van der Waals surface area contributed by atoms with Gasteiger partial charge in [0, 0.05) is 17.3 Å². The molecule has 0 aromatic heterocycles. The van der Waals surface area contributed by atoms with Crippen LogP contribution in [0.4, 0.5) is 0 Å². The minimum absolute atomic E-state index is 0.311. The van der Waals surface area contributed by atoms with Crippen LogP contribution in [0.1, 0.15) is 22.6 Å². The van der Waals surface area contributed by atoms with Gasteiger partial charge in [-0.25, -0.2) is 4.99 Å². The van der Waals surface area contributed by atoms with Crippen LogP contribution in [-0.4, -0.2) is 5.84 Å². The maximum absolute atomic E-state index is 9.86. The molecule has 0 saturated heterocycles. The van der Waals surface area contributed by atoms with Crippen LogP contribution in [0.3, 0.4) is 0 Å². The van der Waals surface area contributed by atoms with Crippen LogP contribution >= 0.6 is 0 Å². The number of nitriles is 1. The van der Waals surface area contributed by atoms with Crippen molar-refractivity contribution in [1.29, 1.82) is 5.26 Å². The maximum atomic E-state index is 9.86. The minimum atomic E-state index is -0.311. The fourth-order valence-electron chi connectivity index (χ4n) is 3.03. The van der Waals surface area contributed by atoms with Crippen LogP contribution in [0, 0.1) is 18.3 Å². The number of nitrogens with zero attached hydrogens (tertiary/aromatic N) is 2. The zero-order valence-corrected chi connectivity index (χ0v) is 13.4. The van der Waals surface area contributed by atoms with E-state index in [-0.39, 0.29) is 5.92 Å². The molecular formula is C20H18N4. The molecule has 3 rings (SSSR count). The first kappa shape index (κ1) is 15.6. The summed E-state index contributed by atoms with van der Waals surface area (Å²) in [5.41, 5.74) is 16.8. The highest BCUT2D eigenvalue weighted by molar-refractivity contribution is 6.05. The first-order valence-electron chi connectivity index (χ1n) is 7.69. The lowest BCUT2D eigenvalue weighted by Gasteiger charge is -2.27. The predicted octanol–water partition coefficient (Wildman–Crippen LogP) is 3.23. The Bertz CT molecular complexity index is 899. The molecule has 4 N–H and O–H groups in total. The van der Waals surface area contributed by atoms with Crippen molar-refractivity contribution in [2.45, 2.75) is 12.8 Å². The standard InChI is InChI=1S/C20H18N4/c1-13-7-5-6-10-15(13)18-16(11-21)19(14-8-3-2-4-9-14)24-20(23)17(18)12-22/h2-10,12,18H,22H2,1H3,(H2,23,24)/b17-12-. The quantitative estimate of drug-likeness (QED) is 0.892. The number of allylic oxidation sites excluding steroid dienone is 1. The van der Waals surface area contributed by atoms with Gasteiger partial charge in [0.25, 0.3) is 0 Å². The lowest BCUT2D eigenvalue weighted by molar-refractivity contribution is 0.955. The highest BCUT2D eigenvalue weighted by atomic mass is 14.9. The van der Waals surface area contributed by atoms with Crippen molar-refractivity contribution in [2.24, 2.45) is 16.5 Å². The molecule has 0 radical (unpaired) electrons. The minimum Gasteiger partial charge on any atom is -0.404 e. The van der Waals surface area contributed by atoms with E-state index in [1.807, 2.05) is 61.5 Å². The van der Waals surface area contributed by atoms with Crippen molar-refractivity contribution < 1.29 is 0 Å². The van der Waals surface area contributed by atoms with E-state index in [4.69, 9.17) is 11.5 Å². The van der Waals surface area contributed by atoms with Crippen LogP contribution in [0.5, 0.6) is 0 Å². The highest BCUT2D eigenvalue weighted by Crippen LogP contribution is 2.41. The van der Waals surface area contributed by atoms with E-state index in [2.05, 4.69) is 11.1 Å². The van der Waals surface area contributed by atoms with Gasteiger partial charge in [-0.2, -0.15) is 5.26 Å². The summed E-state index contributed by atoms with van der Waals surface area (Å²) in [4.78, 5) is 4.47. The SMILES string of the molecule is Cc1ccccc1C1C(C#N)=C(c2ccccc2)N=C(N)/C1=C\N. The van der Waals surface area contributed by atoms with Crippen molar-refractivity contribution in [3.8, 4) is 6.07 Å². The van der Waals surface area contributed by atoms with Crippen molar-refractivity contribution in [3.63, 3.8) is 0 Å². The molecule has 0 fully saturated rings. The smallest absolute Gasteiger partial charge is 0.129 e. The van der Waals surface area contributed by atoms with Crippen molar-refractivity contribution >= 4 is 11.5 Å². The van der Waals surface area contributed by atoms with Crippen molar-refractivity contribution in [3.05, 3.63) is 88.6 Å². The molecule has 1 aliphatic heterocycles. The van der Waals surface area contributed by atoms with Gasteiger partial charge in [-0.3, -0.25) is 0 Å². The van der Waals surface area contributed by atoms with Crippen LogP contribution in [0.25, 0.3) is 5.70 Å². The molecule has 4 heteroatoms. The molecule has 1 atom stereocenters. The third-order valence-corrected chi connectivity index (χ3v) is 4.23. The molecule has 1 unspecified atom stereocenters. The Hall–Kier alpha value is -3.32. The Labute approximate surface area is 141 Å². The van der Waals surface area contributed by atoms with Crippen LogP contribution in [0.15, 0.2) is 76.9 Å². The largest absolute Gasteiger partial charge is 0.404 e. The molecular weight excluding hydrogens is 296 g/mol. The van der Waals surface area contributed by atoms with E-state index in [1.165, 1.54) is 6.20 Å². The molecule has 0 bridgehead atoms. The summed E-state index contributed by atoms with van der Waals surface area (Å²) < 4.78 is 0. The maximum Gasteiger partial charge on any atom is 0.129 e. The number of aryl methyl sites for hydroxylation is 1. The Kier molecular flexibility index (Phi) is 4.17. The Balaban J connectivity index is 2.29. The summed E-state index contributed by atoms with van der Waals surface area (Å²) in [7, 11) is 0. The fourth-order valence-corrected chi connectivity index (χ4v) is 3.03. The molecule has 0 amide bonds. The predicted molar refractivity (Wildman–Crippen MR) is 96.8 cm³/mol. The monoisotopic (exact) mass is 314 g/mol. The second-order valence-corrected chi connectivity index (χ2v) is 5.65. The second-order valence-electron chi connectivity index (χ2n) is 5.65. The molecule has 0 saturated carbocycles. The summed E-state index contributed by atoms with van der Waals surface area (Å²) in [6, 6.07) is 19.9. The second kappa shape index (κ2) is 6.43. The zero-order valence-electron chi connectivity index (χ0n) is 13.4. The van der Waals surface area contributed by atoms with Crippen LogP contribution in [0.2, 0.25) is 0 Å². The van der Waals surface area contributed by atoms with Crippen molar-refractivity contribution in [1.82, 2.24) is 0 Å². The van der Waals surface area contributed by atoms with Crippen LogP contribution < -0.4 is 11.5 Å². The molecule has 1 aliphatic rings. The van der Waals surface area contributed by atoms with Gasteiger partial charge in [0.15, 0.2) is 0 Å². The van der Waals surface area contributed by atoms with E-state index in [1.54, 1.807) is 0 Å². The van der Waals surface area contributed by atoms with Crippen LogP contribution in [-0.2, 0) is 0 Å². The molecule has 2 aromatic carbocycles. The van der Waals surface area contributed by atoms with Gasteiger partial charge in [0.2, 0.25) is 0 Å². The summed E-state index contributed by atoms with van der Waals surface area (Å²) >= 11 is 0. The lowest BCUT2D eigenvalue weighted by atomic mass is 9.79. The zero-order chi connectivity index (χ0) is 17.1. The van der Waals surface area contributed by atoms with Gasteiger partial charge in [0.05, 0.1) is 23.3 Å². The van der Waals surface area contributed by atoms with Gasteiger partial charge in [-0.05, 0) is 18.1 Å². The Morgan fingerprint density at radius 3 is 2.38 bits per heavy atom. The van der Waals surface area contributed by atoms with E-state index in [0.717, 1.165) is 16.7 Å². The molecule has 118 valence electrons. The molecule has 0 aliphatic carbocycles. The average molecular weight is 314 g/mol. The number of nitrogens with two attached hydrogens (primary N) is 2. The van der Waals surface area contributed by atoms with E-state index >= 15 is 0 Å². The summed E-state index contributed by atoms with van der Waals surface area (Å²) in [6.45, 7) is 2.02. The highest BCUT2D eigenvalue weighted by Gasteiger charge is 2.31. The first-order chi connectivity index (χ1) is 11.7. The molecule has 1 heterocycles. The third kappa shape index (κ3) is 2.57. The number of benzene rings is 2. The molecule has 24 heavy (non-hydrogen) atoms. The summed E-state index contributed by atoms with van der Waals surface area (Å²) in [5, 5.41) is 9.86. The number of aliphatic imine (C=N–C) groups is 1. The fraction of sp³-hybridized carbons (Fsp3) is 0.100. The van der Waals surface area contributed by atoms with Crippen molar-refractivity contribution in [2.75, 3.05) is 0 Å². The normalized spacial score (nSPS) is 19.1. The number of hydrogen-bond donors (Lipinski definition) is 2. The van der Waals surface area contributed by atoms with Gasteiger partial charge in [0.1, 0.15) is 5.84 Å². The Morgan fingerprint density at radius 1 is 1.08 bits per heavy atom. The molecule has 2 aromatic rings. The van der Waals surface area contributed by atoms with Gasteiger partial charge in [-0.15, -0.1) is 0 Å². The molecule has 0 spiro atoms. The van der Waals surface area contributed by atoms with Gasteiger partial charge in [-0.1, -0.05) is 54.6 Å². The third-order valence-electron chi connectivity index (χ3n) is 4.23. The number of rotatable bonds is 2. The summed E-state index contributed by atoms with van der Waals surface area (Å²) in [6.07, 6.45) is 1.45. The average Bonchev–Trinajstić information content (AvgIpc) is 2.62. The van der Waals surface area contributed by atoms with E-state index in [0.29, 0.717) is 22.7 Å². The Morgan fingerprint density at radius 2 is 1.75 bits per heavy atom. The first-order valence-corrected chi connectivity index (χ1v) is 7.69.